The summed E-state index contributed by atoms with van der Waals surface area (Å²) in [4.78, 5) is 0.408. The molecule has 21 heavy (non-hydrogen) atoms. The minimum Gasteiger partial charge on any atom is -0.328 e. The molecule has 1 fully saturated rings. The molecule has 0 radical (unpaired) electrons. The van der Waals surface area contributed by atoms with Crippen LogP contribution < -0.4 is 5.73 Å². The molecule has 0 heterocycles. The third-order valence-corrected chi connectivity index (χ3v) is 6.14. The fourth-order valence-corrected chi connectivity index (χ4v) is 4.90. The van der Waals surface area contributed by atoms with Crippen molar-refractivity contribution in [1.82, 2.24) is 4.31 Å². The maximum Gasteiger partial charge on any atom is 0.243 e. The van der Waals surface area contributed by atoms with Gasteiger partial charge in [0.2, 0.25) is 10.0 Å². The van der Waals surface area contributed by atoms with Crippen LogP contribution in [0.1, 0.15) is 44.6 Å². The van der Waals surface area contributed by atoms with Crippen LogP contribution in [0.3, 0.4) is 0 Å². The molecule has 0 aliphatic heterocycles. The molecular formula is C16H26N2O2S. The summed E-state index contributed by atoms with van der Waals surface area (Å²) in [5.74, 6) is 0. The van der Waals surface area contributed by atoms with Crippen LogP contribution in [0.25, 0.3) is 0 Å². The van der Waals surface area contributed by atoms with Crippen molar-refractivity contribution in [2.45, 2.75) is 62.9 Å². The second-order valence-corrected chi connectivity index (χ2v) is 7.89. The van der Waals surface area contributed by atoms with E-state index >= 15 is 0 Å². The number of hydrogen-bond acceptors (Lipinski definition) is 3. The van der Waals surface area contributed by atoms with E-state index in [2.05, 4.69) is 0 Å². The SMILES string of the molecule is CCCN(C1CCC(N)CC1)S(=O)(=O)c1cccc(C)c1. The second-order valence-electron chi connectivity index (χ2n) is 6.00. The largest absolute Gasteiger partial charge is 0.328 e. The number of hydrogen-bond donors (Lipinski definition) is 1. The van der Waals surface area contributed by atoms with Crippen LogP contribution in [-0.2, 0) is 10.0 Å². The van der Waals surface area contributed by atoms with Crippen LogP contribution >= 0.6 is 0 Å². The zero-order valence-electron chi connectivity index (χ0n) is 13.0. The van der Waals surface area contributed by atoms with Crippen LogP contribution in [0.4, 0.5) is 0 Å². The molecule has 2 N–H and O–H groups in total. The number of benzene rings is 1. The first-order chi connectivity index (χ1) is 9.95. The molecule has 5 heteroatoms. The molecular weight excluding hydrogens is 284 g/mol. The molecule has 1 aliphatic rings. The Balaban J connectivity index is 2.28. The van der Waals surface area contributed by atoms with Gasteiger partial charge in [-0.3, -0.25) is 0 Å². The fourth-order valence-electron chi connectivity index (χ4n) is 3.02. The van der Waals surface area contributed by atoms with Crippen LogP contribution in [-0.4, -0.2) is 31.4 Å². The summed E-state index contributed by atoms with van der Waals surface area (Å²) in [5.41, 5.74) is 6.91. The van der Waals surface area contributed by atoms with Gasteiger partial charge in [0.1, 0.15) is 0 Å². The monoisotopic (exact) mass is 310 g/mol. The third-order valence-electron chi connectivity index (χ3n) is 4.19. The lowest BCUT2D eigenvalue weighted by molar-refractivity contribution is 0.240. The van der Waals surface area contributed by atoms with Crippen LogP contribution in [0.2, 0.25) is 0 Å². The van der Waals surface area contributed by atoms with Gasteiger partial charge in [-0.2, -0.15) is 4.31 Å². The van der Waals surface area contributed by atoms with E-state index in [1.165, 1.54) is 0 Å². The maximum absolute atomic E-state index is 12.9. The highest BCUT2D eigenvalue weighted by Gasteiger charge is 2.32. The van der Waals surface area contributed by atoms with Gasteiger partial charge in [0, 0.05) is 18.6 Å². The Hall–Kier alpha value is -0.910. The number of rotatable bonds is 5. The van der Waals surface area contributed by atoms with Crippen molar-refractivity contribution >= 4 is 10.0 Å². The Morgan fingerprint density at radius 1 is 1.24 bits per heavy atom. The summed E-state index contributed by atoms with van der Waals surface area (Å²) in [6.45, 7) is 4.52. The Morgan fingerprint density at radius 2 is 1.90 bits per heavy atom. The van der Waals surface area contributed by atoms with Crippen molar-refractivity contribution in [1.29, 1.82) is 0 Å². The first kappa shape index (κ1) is 16.5. The fraction of sp³-hybridized carbons (Fsp3) is 0.625. The van der Waals surface area contributed by atoms with Gasteiger partial charge < -0.3 is 5.73 Å². The van der Waals surface area contributed by atoms with Crippen LogP contribution in [0.5, 0.6) is 0 Å². The quantitative estimate of drug-likeness (QED) is 0.909. The normalized spacial score (nSPS) is 23.4. The van der Waals surface area contributed by atoms with Gasteiger partial charge >= 0.3 is 0 Å². The summed E-state index contributed by atoms with van der Waals surface area (Å²) in [6, 6.07) is 7.50. The molecule has 0 spiro atoms. The summed E-state index contributed by atoms with van der Waals surface area (Å²) >= 11 is 0. The van der Waals surface area contributed by atoms with E-state index in [-0.39, 0.29) is 12.1 Å². The summed E-state index contributed by atoms with van der Waals surface area (Å²) in [7, 11) is -3.41. The molecule has 118 valence electrons. The third kappa shape index (κ3) is 3.84. The zero-order chi connectivity index (χ0) is 15.5. The Morgan fingerprint density at radius 3 is 2.48 bits per heavy atom. The highest BCUT2D eigenvalue weighted by atomic mass is 32.2. The highest BCUT2D eigenvalue weighted by Crippen LogP contribution is 2.28. The molecule has 2 rings (SSSR count). The minimum atomic E-state index is -3.41. The lowest BCUT2D eigenvalue weighted by Gasteiger charge is -2.35. The van der Waals surface area contributed by atoms with Crippen molar-refractivity contribution < 1.29 is 8.42 Å². The lowest BCUT2D eigenvalue weighted by Crippen LogP contribution is -2.44. The van der Waals surface area contributed by atoms with Gasteiger partial charge in [-0.25, -0.2) is 8.42 Å². The Kier molecular flexibility index (Phi) is 5.41. The molecule has 0 saturated heterocycles. The zero-order valence-corrected chi connectivity index (χ0v) is 13.8. The van der Waals surface area contributed by atoms with E-state index in [0.717, 1.165) is 37.7 Å². The standard InChI is InChI=1S/C16H26N2O2S/c1-3-11-18(15-9-7-14(17)8-10-15)21(19,20)16-6-4-5-13(2)12-16/h4-6,12,14-15H,3,7-11,17H2,1-2H3. The highest BCUT2D eigenvalue weighted by molar-refractivity contribution is 7.89. The maximum atomic E-state index is 12.9. The molecule has 1 aromatic carbocycles. The average Bonchev–Trinajstić information content (AvgIpc) is 2.46. The van der Waals surface area contributed by atoms with E-state index in [4.69, 9.17) is 5.73 Å². The van der Waals surface area contributed by atoms with Crippen LogP contribution in [0, 0.1) is 6.92 Å². The average molecular weight is 310 g/mol. The molecule has 0 unspecified atom stereocenters. The van der Waals surface area contributed by atoms with E-state index in [1.807, 2.05) is 26.0 Å². The van der Waals surface area contributed by atoms with Gasteiger partial charge in [-0.05, 0) is 56.7 Å². The summed E-state index contributed by atoms with van der Waals surface area (Å²) in [6.07, 6.45) is 4.38. The van der Waals surface area contributed by atoms with Crippen molar-refractivity contribution in [3.63, 3.8) is 0 Å². The first-order valence-electron chi connectivity index (χ1n) is 7.79. The Labute approximate surface area is 128 Å². The van der Waals surface area contributed by atoms with Crippen molar-refractivity contribution in [2.24, 2.45) is 5.73 Å². The van der Waals surface area contributed by atoms with Gasteiger partial charge in [0.05, 0.1) is 4.90 Å². The van der Waals surface area contributed by atoms with Crippen molar-refractivity contribution in [3.05, 3.63) is 29.8 Å². The smallest absolute Gasteiger partial charge is 0.243 e. The molecule has 4 nitrogen and oxygen atoms in total. The van der Waals surface area contributed by atoms with E-state index < -0.39 is 10.0 Å². The Bertz CT molecular complexity index is 563. The van der Waals surface area contributed by atoms with Gasteiger partial charge in [-0.15, -0.1) is 0 Å². The minimum absolute atomic E-state index is 0.0928. The topological polar surface area (TPSA) is 63.4 Å². The van der Waals surface area contributed by atoms with Gasteiger partial charge in [-0.1, -0.05) is 19.1 Å². The molecule has 0 atom stereocenters. The summed E-state index contributed by atoms with van der Waals surface area (Å²) in [5, 5.41) is 0. The number of nitrogens with zero attached hydrogens (tertiary/aromatic N) is 1. The van der Waals surface area contributed by atoms with Crippen molar-refractivity contribution in [2.75, 3.05) is 6.54 Å². The molecule has 1 saturated carbocycles. The molecule has 0 amide bonds. The van der Waals surface area contributed by atoms with Gasteiger partial charge in [0.15, 0.2) is 0 Å². The number of sulfonamides is 1. The number of aryl methyl sites for hydroxylation is 1. The predicted octanol–water partition coefficient (Wildman–Crippen LogP) is 2.67. The first-order valence-corrected chi connectivity index (χ1v) is 9.23. The lowest BCUT2D eigenvalue weighted by atomic mass is 9.92. The van der Waals surface area contributed by atoms with Gasteiger partial charge in [0.25, 0.3) is 0 Å². The molecule has 0 aromatic heterocycles. The molecule has 1 aliphatic carbocycles. The summed E-state index contributed by atoms with van der Waals surface area (Å²) < 4.78 is 27.6. The second kappa shape index (κ2) is 6.90. The molecule has 1 aromatic rings. The van der Waals surface area contributed by atoms with E-state index in [9.17, 15) is 8.42 Å². The number of nitrogens with two attached hydrogens (primary N) is 1. The predicted molar refractivity (Wildman–Crippen MR) is 85.6 cm³/mol. The van der Waals surface area contributed by atoms with E-state index in [1.54, 1.807) is 16.4 Å². The molecule has 0 bridgehead atoms. The van der Waals surface area contributed by atoms with Crippen LogP contribution in [0.15, 0.2) is 29.2 Å². The van der Waals surface area contributed by atoms with E-state index in [0.29, 0.717) is 11.4 Å². The van der Waals surface area contributed by atoms with Crippen molar-refractivity contribution in [3.8, 4) is 0 Å².